The van der Waals surface area contributed by atoms with Crippen LogP contribution in [0.15, 0.2) is 79.1 Å². The maximum Gasteiger partial charge on any atom is 0.322 e. The summed E-state index contributed by atoms with van der Waals surface area (Å²) in [5.41, 5.74) is 1.56. The van der Waals surface area contributed by atoms with Crippen LogP contribution < -0.4 is 10.1 Å². The molecule has 26 heavy (non-hydrogen) atoms. The highest BCUT2D eigenvalue weighted by Gasteiger charge is 2.09. The van der Waals surface area contributed by atoms with Crippen molar-refractivity contribution < 1.29 is 9.53 Å². The van der Waals surface area contributed by atoms with Crippen LogP contribution in [0.1, 0.15) is 10.5 Å². The zero-order valence-electron chi connectivity index (χ0n) is 13.7. The molecule has 1 N–H and O–H groups in total. The lowest BCUT2D eigenvalue weighted by molar-refractivity contribution is 0.102. The van der Waals surface area contributed by atoms with Crippen molar-refractivity contribution in [1.29, 1.82) is 0 Å². The molecule has 0 radical (unpaired) electrons. The van der Waals surface area contributed by atoms with E-state index < -0.39 is 0 Å². The summed E-state index contributed by atoms with van der Waals surface area (Å²) >= 11 is 0. The lowest BCUT2D eigenvalue weighted by Gasteiger charge is -2.06. The number of pyridine rings is 1. The van der Waals surface area contributed by atoms with Gasteiger partial charge in [-0.05, 0) is 24.3 Å². The summed E-state index contributed by atoms with van der Waals surface area (Å²) < 4.78 is 5.52. The van der Waals surface area contributed by atoms with Gasteiger partial charge < -0.3 is 10.1 Å². The van der Waals surface area contributed by atoms with Gasteiger partial charge in [0.1, 0.15) is 11.4 Å². The van der Waals surface area contributed by atoms with Crippen molar-refractivity contribution in [1.82, 2.24) is 15.0 Å². The molecule has 0 aliphatic rings. The van der Waals surface area contributed by atoms with E-state index in [2.05, 4.69) is 20.3 Å². The van der Waals surface area contributed by atoms with Gasteiger partial charge in [0.25, 0.3) is 5.91 Å². The molecule has 0 spiro atoms. The number of aromatic nitrogens is 3. The molecule has 1 amide bonds. The molecule has 2 heterocycles. The second kappa shape index (κ2) is 6.98. The largest absolute Gasteiger partial charge is 0.424 e. The molecule has 4 aromatic rings. The van der Waals surface area contributed by atoms with E-state index in [1.165, 1.54) is 12.4 Å². The van der Waals surface area contributed by atoms with Crippen molar-refractivity contribution >= 4 is 22.5 Å². The minimum absolute atomic E-state index is 0.207. The number of hydrogen-bond donors (Lipinski definition) is 1. The Hall–Kier alpha value is -3.80. The van der Waals surface area contributed by atoms with Gasteiger partial charge in [0.2, 0.25) is 0 Å². The third-order valence-corrected chi connectivity index (χ3v) is 3.67. The van der Waals surface area contributed by atoms with E-state index in [4.69, 9.17) is 4.74 Å². The Morgan fingerprint density at radius 3 is 2.38 bits per heavy atom. The quantitative estimate of drug-likeness (QED) is 0.605. The molecule has 6 heteroatoms. The van der Waals surface area contributed by atoms with Gasteiger partial charge in [0, 0.05) is 5.39 Å². The maximum atomic E-state index is 12.4. The summed E-state index contributed by atoms with van der Waals surface area (Å²) in [7, 11) is 0. The number of fused-ring (bicyclic) bond motifs is 1. The summed E-state index contributed by atoms with van der Waals surface area (Å²) in [6.45, 7) is 0. The van der Waals surface area contributed by atoms with Crippen molar-refractivity contribution in [2.75, 3.05) is 5.32 Å². The predicted octanol–water partition coefficient (Wildman–Crippen LogP) is 4.07. The first-order valence-electron chi connectivity index (χ1n) is 8.00. The molecular weight excluding hydrogens is 328 g/mol. The van der Waals surface area contributed by atoms with Gasteiger partial charge in [-0.1, -0.05) is 42.5 Å². The number of para-hydroxylation sites is 2. The standard InChI is InChI=1S/C20H14N4O2/c25-19(18-11-10-14-6-4-5-9-17(14)24-18)23-15-12-21-20(22-13-15)26-16-7-2-1-3-8-16/h1-13H,(H,23,25). The number of nitrogens with zero attached hydrogens (tertiary/aromatic N) is 3. The zero-order chi connectivity index (χ0) is 17.8. The van der Waals surface area contributed by atoms with Crippen LogP contribution >= 0.6 is 0 Å². The Morgan fingerprint density at radius 1 is 0.846 bits per heavy atom. The van der Waals surface area contributed by atoms with Crippen LogP contribution in [-0.4, -0.2) is 20.9 Å². The van der Waals surface area contributed by atoms with Crippen molar-refractivity contribution in [2.24, 2.45) is 0 Å². The summed E-state index contributed by atoms with van der Waals surface area (Å²) in [6, 6.07) is 20.6. The number of nitrogens with one attached hydrogen (secondary N) is 1. The van der Waals surface area contributed by atoms with E-state index >= 15 is 0 Å². The van der Waals surface area contributed by atoms with E-state index in [1.807, 2.05) is 60.7 Å². The van der Waals surface area contributed by atoms with Crippen LogP contribution in [0.2, 0.25) is 0 Å². The van der Waals surface area contributed by atoms with Crippen molar-refractivity contribution in [2.45, 2.75) is 0 Å². The van der Waals surface area contributed by atoms with Gasteiger partial charge in [-0.25, -0.2) is 15.0 Å². The molecule has 0 fully saturated rings. The molecule has 0 aliphatic heterocycles. The number of hydrogen-bond acceptors (Lipinski definition) is 5. The van der Waals surface area contributed by atoms with E-state index in [0.29, 0.717) is 17.1 Å². The van der Waals surface area contributed by atoms with Crippen LogP contribution in [0.3, 0.4) is 0 Å². The lowest BCUT2D eigenvalue weighted by Crippen LogP contribution is -2.14. The second-order valence-corrected chi connectivity index (χ2v) is 5.51. The molecule has 0 aliphatic carbocycles. The Balaban J connectivity index is 1.46. The maximum absolute atomic E-state index is 12.4. The Kier molecular flexibility index (Phi) is 4.22. The zero-order valence-corrected chi connectivity index (χ0v) is 13.7. The van der Waals surface area contributed by atoms with Crippen LogP contribution in [0.4, 0.5) is 5.69 Å². The number of amides is 1. The highest BCUT2D eigenvalue weighted by molar-refractivity contribution is 6.03. The molecule has 6 nitrogen and oxygen atoms in total. The fourth-order valence-electron chi connectivity index (χ4n) is 2.42. The molecule has 4 rings (SSSR count). The van der Waals surface area contributed by atoms with Crippen LogP contribution in [0.5, 0.6) is 11.8 Å². The van der Waals surface area contributed by atoms with Crippen molar-refractivity contribution in [3.05, 3.63) is 84.8 Å². The predicted molar refractivity (Wildman–Crippen MR) is 98.2 cm³/mol. The van der Waals surface area contributed by atoms with Gasteiger partial charge >= 0.3 is 6.01 Å². The molecule has 126 valence electrons. The monoisotopic (exact) mass is 342 g/mol. The van der Waals surface area contributed by atoms with Crippen molar-refractivity contribution in [3.8, 4) is 11.8 Å². The minimum atomic E-state index is -0.323. The minimum Gasteiger partial charge on any atom is -0.424 e. The normalized spacial score (nSPS) is 10.5. The smallest absolute Gasteiger partial charge is 0.322 e. The van der Waals surface area contributed by atoms with Gasteiger partial charge in [0.15, 0.2) is 0 Å². The first kappa shape index (κ1) is 15.7. The summed E-state index contributed by atoms with van der Waals surface area (Å²) in [5, 5.41) is 3.71. The Bertz CT molecular complexity index is 1050. The average Bonchev–Trinajstić information content (AvgIpc) is 2.70. The van der Waals surface area contributed by atoms with E-state index in [1.54, 1.807) is 6.07 Å². The highest BCUT2D eigenvalue weighted by Crippen LogP contribution is 2.18. The number of benzene rings is 2. The molecule has 0 saturated heterocycles. The Morgan fingerprint density at radius 2 is 1.58 bits per heavy atom. The molecular formula is C20H14N4O2. The third kappa shape index (κ3) is 3.49. The van der Waals surface area contributed by atoms with E-state index in [9.17, 15) is 4.79 Å². The van der Waals surface area contributed by atoms with Gasteiger partial charge in [-0.3, -0.25) is 4.79 Å². The third-order valence-electron chi connectivity index (χ3n) is 3.67. The van der Waals surface area contributed by atoms with E-state index in [0.717, 1.165) is 10.9 Å². The first-order chi connectivity index (χ1) is 12.8. The lowest BCUT2D eigenvalue weighted by atomic mass is 10.2. The molecule has 2 aromatic carbocycles. The highest BCUT2D eigenvalue weighted by atomic mass is 16.5. The van der Waals surface area contributed by atoms with Gasteiger partial charge in [0.05, 0.1) is 23.6 Å². The van der Waals surface area contributed by atoms with Crippen LogP contribution in [0.25, 0.3) is 10.9 Å². The number of ether oxygens (including phenoxy) is 1. The molecule has 0 saturated carbocycles. The number of anilines is 1. The summed E-state index contributed by atoms with van der Waals surface area (Å²) in [6.07, 6.45) is 2.98. The first-order valence-corrected chi connectivity index (χ1v) is 8.00. The van der Waals surface area contributed by atoms with Crippen molar-refractivity contribution in [3.63, 3.8) is 0 Å². The number of carbonyl (C=O) groups is 1. The number of carbonyl (C=O) groups excluding carboxylic acids is 1. The Labute approximate surface area is 149 Å². The molecule has 2 aromatic heterocycles. The van der Waals surface area contributed by atoms with Crippen LogP contribution in [0, 0.1) is 0 Å². The summed E-state index contributed by atoms with van der Waals surface area (Å²) in [4.78, 5) is 24.9. The van der Waals surface area contributed by atoms with Gasteiger partial charge in [-0.2, -0.15) is 0 Å². The average molecular weight is 342 g/mol. The SMILES string of the molecule is O=C(Nc1cnc(Oc2ccccc2)nc1)c1ccc2ccccc2n1. The second-order valence-electron chi connectivity index (χ2n) is 5.51. The van der Waals surface area contributed by atoms with E-state index in [-0.39, 0.29) is 11.9 Å². The van der Waals surface area contributed by atoms with Crippen LogP contribution in [-0.2, 0) is 0 Å². The fraction of sp³-hybridized carbons (Fsp3) is 0. The number of rotatable bonds is 4. The molecule has 0 bridgehead atoms. The summed E-state index contributed by atoms with van der Waals surface area (Å²) in [5.74, 6) is 0.320. The fourth-order valence-corrected chi connectivity index (χ4v) is 2.42. The topological polar surface area (TPSA) is 77.0 Å². The van der Waals surface area contributed by atoms with Gasteiger partial charge in [-0.15, -0.1) is 0 Å². The molecule has 0 unspecified atom stereocenters. The molecule has 0 atom stereocenters.